The quantitative estimate of drug-likeness (QED) is 0.517. The zero-order chi connectivity index (χ0) is 22.9. The van der Waals surface area contributed by atoms with E-state index in [1.807, 2.05) is 68.4 Å². The van der Waals surface area contributed by atoms with Gasteiger partial charge in [0.2, 0.25) is 11.8 Å². The number of benzene rings is 3. The summed E-state index contributed by atoms with van der Waals surface area (Å²) in [5.41, 5.74) is 4.33. The summed E-state index contributed by atoms with van der Waals surface area (Å²) < 4.78 is 0. The molecule has 0 bridgehead atoms. The Kier molecular flexibility index (Phi) is 8.20. The van der Waals surface area contributed by atoms with Gasteiger partial charge >= 0.3 is 0 Å². The first-order valence-electron chi connectivity index (χ1n) is 11.2. The van der Waals surface area contributed by atoms with E-state index in [0.717, 1.165) is 22.3 Å². The molecule has 4 nitrogen and oxygen atoms in total. The van der Waals surface area contributed by atoms with Gasteiger partial charge in [0.15, 0.2) is 0 Å². The lowest BCUT2D eigenvalue weighted by atomic mass is 9.88. The normalized spacial score (nSPS) is 11.8. The number of nitrogens with one attached hydrogen (secondary N) is 1. The lowest BCUT2D eigenvalue weighted by molar-refractivity contribution is -0.140. The minimum atomic E-state index is -0.560. The third-order valence-corrected chi connectivity index (χ3v) is 5.74. The molecule has 0 saturated heterocycles. The first kappa shape index (κ1) is 23.3. The van der Waals surface area contributed by atoms with E-state index in [1.54, 1.807) is 11.8 Å². The van der Waals surface area contributed by atoms with Crippen LogP contribution >= 0.6 is 0 Å². The highest BCUT2D eigenvalue weighted by Gasteiger charge is 2.28. The Labute approximate surface area is 191 Å². The monoisotopic (exact) mass is 428 g/mol. The number of aryl methyl sites for hydroxylation is 1. The van der Waals surface area contributed by atoms with Crippen LogP contribution < -0.4 is 5.32 Å². The van der Waals surface area contributed by atoms with E-state index in [9.17, 15) is 9.59 Å². The maximum absolute atomic E-state index is 13.7. The third kappa shape index (κ3) is 6.07. The van der Waals surface area contributed by atoms with Crippen LogP contribution in [0.4, 0.5) is 0 Å². The van der Waals surface area contributed by atoms with Crippen molar-refractivity contribution in [2.75, 3.05) is 6.54 Å². The molecule has 0 aliphatic carbocycles. The summed E-state index contributed by atoms with van der Waals surface area (Å²) in [6.07, 6.45) is 0.295. The highest BCUT2D eigenvalue weighted by molar-refractivity contribution is 5.87. The van der Waals surface area contributed by atoms with Gasteiger partial charge in [0.05, 0.1) is 0 Å². The topological polar surface area (TPSA) is 49.4 Å². The Bertz CT molecular complexity index is 978. The van der Waals surface area contributed by atoms with Crippen molar-refractivity contribution in [3.63, 3.8) is 0 Å². The van der Waals surface area contributed by atoms with Crippen LogP contribution in [0.15, 0.2) is 84.9 Å². The van der Waals surface area contributed by atoms with Gasteiger partial charge in [-0.05, 0) is 37.5 Å². The molecule has 3 aromatic carbocycles. The number of carbonyl (C=O) groups is 2. The number of nitrogens with zero attached hydrogens (tertiary/aromatic N) is 1. The first-order valence-corrected chi connectivity index (χ1v) is 11.2. The van der Waals surface area contributed by atoms with Gasteiger partial charge in [-0.25, -0.2) is 0 Å². The molecule has 0 radical (unpaired) electrons. The molecule has 0 saturated carbocycles. The second kappa shape index (κ2) is 11.3. The molecule has 1 N–H and O–H groups in total. The van der Waals surface area contributed by atoms with E-state index >= 15 is 0 Å². The van der Waals surface area contributed by atoms with Crippen molar-refractivity contribution in [2.24, 2.45) is 0 Å². The van der Waals surface area contributed by atoms with Crippen molar-refractivity contribution in [2.45, 2.75) is 45.7 Å². The molecule has 3 aromatic rings. The van der Waals surface area contributed by atoms with Gasteiger partial charge in [-0.3, -0.25) is 9.59 Å². The van der Waals surface area contributed by atoms with Crippen LogP contribution in [0.2, 0.25) is 0 Å². The second-order valence-electron chi connectivity index (χ2n) is 8.16. The summed E-state index contributed by atoms with van der Waals surface area (Å²) in [4.78, 5) is 28.1. The van der Waals surface area contributed by atoms with Crippen LogP contribution in [0.1, 0.15) is 48.4 Å². The van der Waals surface area contributed by atoms with Crippen molar-refractivity contribution >= 4 is 11.8 Å². The highest BCUT2D eigenvalue weighted by atomic mass is 16.2. The fourth-order valence-electron chi connectivity index (χ4n) is 4.00. The standard InChI is InChI=1S/C28H32N2O2/c1-4-29-28(32)22(3)30(20-23-13-11-12-21(2)18-23)27(31)19-26(24-14-7-5-8-15-24)25-16-9-6-10-17-25/h5-18,22,26H,4,19-20H2,1-3H3,(H,29,32)/t22-/m1/s1. The van der Waals surface area contributed by atoms with Crippen LogP contribution in [0, 0.1) is 6.92 Å². The molecule has 32 heavy (non-hydrogen) atoms. The number of hydrogen-bond acceptors (Lipinski definition) is 2. The van der Waals surface area contributed by atoms with Crippen LogP contribution in [-0.4, -0.2) is 29.3 Å². The average molecular weight is 429 g/mol. The van der Waals surface area contributed by atoms with Crippen LogP contribution in [0.3, 0.4) is 0 Å². The summed E-state index contributed by atoms with van der Waals surface area (Å²) in [7, 11) is 0. The molecule has 0 fully saturated rings. The molecule has 0 aliphatic rings. The lowest BCUT2D eigenvalue weighted by Gasteiger charge is -2.30. The van der Waals surface area contributed by atoms with Crippen LogP contribution in [0.25, 0.3) is 0 Å². The van der Waals surface area contributed by atoms with Gasteiger partial charge in [-0.1, -0.05) is 90.5 Å². The van der Waals surface area contributed by atoms with E-state index in [2.05, 4.69) is 35.6 Å². The van der Waals surface area contributed by atoms with Gasteiger partial charge < -0.3 is 10.2 Å². The fraction of sp³-hybridized carbons (Fsp3) is 0.286. The number of likely N-dealkylation sites (N-methyl/N-ethyl adjacent to an activating group) is 1. The number of hydrogen-bond donors (Lipinski definition) is 1. The summed E-state index contributed by atoms with van der Waals surface area (Å²) in [5, 5.41) is 2.86. The van der Waals surface area contributed by atoms with Crippen molar-refractivity contribution in [3.8, 4) is 0 Å². The summed E-state index contributed by atoms with van der Waals surface area (Å²) >= 11 is 0. The Morgan fingerprint density at radius 2 is 1.47 bits per heavy atom. The van der Waals surface area contributed by atoms with Crippen molar-refractivity contribution < 1.29 is 9.59 Å². The third-order valence-electron chi connectivity index (χ3n) is 5.74. The van der Waals surface area contributed by atoms with E-state index in [0.29, 0.717) is 19.5 Å². The summed E-state index contributed by atoms with van der Waals surface area (Å²) in [6.45, 7) is 6.65. The smallest absolute Gasteiger partial charge is 0.242 e. The average Bonchev–Trinajstić information content (AvgIpc) is 2.81. The number of carbonyl (C=O) groups excluding carboxylic acids is 2. The van der Waals surface area contributed by atoms with Gasteiger partial charge in [0.1, 0.15) is 6.04 Å². The molecule has 0 unspecified atom stereocenters. The molecule has 166 valence electrons. The zero-order valence-electron chi connectivity index (χ0n) is 19.1. The number of amides is 2. The van der Waals surface area contributed by atoms with E-state index in [-0.39, 0.29) is 17.7 Å². The first-order chi connectivity index (χ1) is 15.5. The Morgan fingerprint density at radius 1 is 0.875 bits per heavy atom. The SMILES string of the molecule is CCNC(=O)[C@@H](C)N(Cc1cccc(C)c1)C(=O)CC(c1ccccc1)c1ccccc1. The molecule has 0 heterocycles. The molecular formula is C28H32N2O2. The van der Waals surface area contributed by atoms with Crippen molar-refractivity contribution in [1.29, 1.82) is 0 Å². The molecule has 0 aliphatic heterocycles. The Morgan fingerprint density at radius 3 is 2.00 bits per heavy atom. The Balaban J connectivity index is 1.91. The zero-order valence-corrected chi connectivity index (χ0v) is 19.1. The van der Waals surface area contributed by atoms with E-state index in [1.165, 1.54) is 0 Å². The highest BCUT2D eigenvalue weighted by Crippen LogP contribution is 2.29. The molecule has 1 atom stereocenters. The maximum Gasteiger partial charge on any atom is 0.242 e. The van der Waals surface area contributed by atoms with E-state index < -0.39 is 6.04 Å². The molecule has 3 rings (SSSR count). The minimum Gasteiger partial charge on any atom is -0.355 e. The largest absolute Gasteiger partial charge is 0.355 e. The predicted octanol–water partition coefficient (Wildman–Crippen LogP) is 5.07. The van der Waals surface area contributed by atoms with Gasteiger partial charge in [-0.2, -0.15) is 0 Å². The lowest BCUT2D eigenvalue weighted by Crippen LogP contribution is -2.47. The minimum absolute atomic E-state index is 0.0389. The maximum atomic E-state index is 13.7. The van der Waals surface area contributed by atoms with E-state index in [4.69, 9.17) is 0 Å². The van der Waals surface area contributed by atoms with Gasteiger partial charge in [0, 0.05) is 25.4 Å². The predicted molar refractivity (Wildman–Crippen MR) is 129 cm³/mol. The van der Waals surface area contributed by atoms with Gasteiger partial charge in [-0.15, -0.1) is 0 Å². The Hall–Kier alpha value is -3.40. The fourth-order valence-corrected chi connectivity index (χ4v) is 4.00. The molecule has 2 amide bonds. The van der Waals surface area contributed by atoms with Crippen molar-refractivity contribution in [1.82, 2.24) is 10.2 Å². The molecule has 0 aromatic heterocycles. The van der Waals surface area contributed by atoms with Gasteiger partial charge in [0.25, 0.3) is 0 Å². The molecular weight excluding hydrogens is 396 g/mol. The molecule has 0 spiro atoms. The van der Waals surface area contributed by atoms with Crippen LogP contribution in [-0.2, 0) is 16.1 Å². The second-order valence-corrected chi connectivity index (χ2v) is 8.16. The van der Waals surface area contributed by atoms with Crippen LogP contribution in [0.5, 0.6) is 0 Å². The summed E-state index contributed by atoms with van der Waals surface area (Å²) in [5.74, 6) is -0.251. The van der Waals surface area contributed by atoms with Crippen molar-refractivity contribution in [3.05, 3.63) is 107 Å². The molecule has 4 heteroatoms. The summed E-state index contributed by atoms with van der Waals surface area (Å²) in [6, 6.07) is 27.7. The number of rotatable bonds is 9.